The summed E-state index contributed by atoms with van der Waals surface area (Å²) < 4.78 is 10.2. The zero-order chi connectivity index (χ0) is 13.5. The van der Waals surface area contributed by atoms with Crippen molar-refractivity contribution in [2.45, 2.75) is 59.5 Å². The largest absolute Gasteiger partial charge is 0.465 e. The summed E-state index contributed by atoms with van der Waals surface area (Å²) in [6.45, 7) is 9.53. The Morgan fingerprint density at radius 2 is 1.82 bits per heavy atom. The van der Waals surface area contributed by atoms with Crippen molar-refractivity contribution in [2.75, 3.05) is 6.61 Å². The van der Waals surface area contributed by atoms with E-state index in [0.29, 0.717) is 6.42 Å². The van der Waals surface area contributed by atoms with Gasteiger partial charge in [-0.15, -0.1) is 0 Å². The summed E-state index contributed by atoms with van der Waals surface area (Å²) in [5.41, 5.74) is -0.454. The predicted octanol–water partition coefficient (Wildman–Crippen LogP) is 2.70. The third-order valence-electron chi connectivity index (χ3n) is 2.20. The van der Waals surface area contributed by atoms with Crippen LogP contribution in [0.4, 0.5) is 0 Å². The van der Waals surface area contributed by atoms with E-state index in [1.54, 1.807) is 0 Å². The molecule has 0 spiro atoms. The summed E-state index contributed by atoms with van der Waals surface area (Å²) in [7, 11) is 0. The lowest BCUT2D eigenvalue weighted by atomic mass is 10.1. The Morgan fingerprint density at radius 3 is 2.29 bits per heavy atom. The predicted molar refractivity (Wildman–Crippen MR) is 65.5 cm³/mol. The summed E-state index contributed by atoms with van der Waals surface area (Å²) in [4.78, 5) is 22.6. The molecule has 4 heteroatoms. The van der Waals surface area contributed by atoms with Gasteiger partial charge in [0.15, 0.2) is 0 Å². The van der Waals surface area contributed by atoms with E-state index in [4.69, 9.17) is 9.47 Å². The van der Waals surface area contributed by atoms with Crippen LogP contribution < -0.4 is 0 Å². The Hall–Kier alpha value is -1.06. The van der Waals surface area contributed by atoms with Crippen molar-refractivity contribution < 1.29 is 19.1 Å². The third-order valence-corrected chi connectivity index (χ3v) is 2.20. The molecule has 0 aliphatic heterocycles. The minimum atomic E-state index is -0.454. The molecule has 0 fully saturated rings. The lowest BCUT2D eigenvalue weighted by molar-refractivity contribution is -0.156. The van der Waals surface area contributed by atoms with Crippen LogP contribution in [0.25, 0.3) is 0 Å². The average molecular weight is 244 g/mol. The van der Waals surface area contributed by atoms with Gasteiger partial charge in [-0.1, -0.05) is 13.8 Å². The molecule has 0 aliphatic carbocycles. The second kappa shape index (κ2) is 7.30. The van der Waals surface area contributed by atoms with Crippen molar-refractivity contribution >= 4 is 11.9 Å². The SMILES string of the molecule is CCC(C)C(=O)OCCCC(=O)OC(C)(C)C. The van der Waals surface area contributed by atoms with Crippen molar-refractivity contribution in [2.24, 2.45) is 5.92 Å². The molecule has 0 bridgehead atoms. The van der Waals surface area contributed by atoms with Crippen LogP contribution >= 0.6 is 0 Å². The summed E-state index contributed by atoms with van der Waals surface area (Å²) in [6.07, 6.45) is 1.56. The van der Waals surface area contributed by atoms with Crippen LogP contribution in [0.15, 0.2) is 0 Å². The van der Waals surface area contributed by atoms with Crippen LogP contribution in [0.3, 0.4) is 0 Å². The molecule has 0 heterocycles. The Kier molecular flexibility index (Phi) is 6.85. The van der Waals surface area contributed by atoms with Crippen LogP contribution in [-0.4, -0.2) is 24.1 Å². The Labute approximate surface area is 104 Å². The molecule has 0 aromatic rings. The molecule has 0 N–H and O–H groups in total. The molecular formula is C13H24O4. The summed E-state index contributed by atoms with van der Waals surface area (Å²) in [5, 5.41) is 0. The standard InChI is InChI=1S/C13H24O4/c1-6-10(2)12(15)16-9-7-8-11(14)17-13(3,4)5/h10H,6-9H2,1-5H3. The fourth-order valence-electron chi connectivity index (χ4n) is 1.09. The van der Waals surface area contributed by atoms with Gasteiger partial charge in [0.25, 0.3) is 0 Å². The molecule has 1 atom stereocenters. The maximum absolute atomic E-state index is 11.3. The van der Waals surface area contributed by atoms with Gasteiger partial charge in [0, 0.05) is 6.42 Å². The molecule has 0 aromatic carbocycles. The first-order chi connectivity index (χ1) is 7.76. The molecule has 0 saturated carbocycles. The van der Waals surface area contributed by atoms with Gasteiger partial charge in [-0.3, -0.25) is 9.59 Å². The number of hydrogen-bond donors (Lipinski definition) is 0. The Balaban J connectivity index is 3.65. The topological polar surface area (TPSA) is 52.6 Å². The quantitative estimate of drug-likeness (QED) is 0.532. The first kappa shape index (κ1) is 15.9. The van der Waals surface area contributed by atoms with Gasteiger partial charge >= 0.3 is 11.9 Å². The van der Waals surface area contributed by atoms with Gasteiger partial charge in [0.1, 0.15) is 5.60 Å². The molecule has 0 amide bonds. The lowest BCUT2D eigenvalue weighted by Gasteiger charge is -2.19. The molecule has 0 radical (unpaired) electrons. The number of hydrogen-bond acceptors (Lipinski definition) is 4. The van der Waals surface area contributed by atoms with E-state index >= 15 is 0 Å². The molecule has 1 unspecified atom stereocenters. The molecule has 0 aromatic heterocycles. The van der Waals surface area contributed by atoms with Gasteiger partial charge in [-0.2, -0.15) is 0 Å². The number of carbonyl (C=O) groups is 2. The second-order valence-electron chi connectivity index (χ2n) is 5.17. The normalized spacial score (nSPS) is 13.0. The van der Waals surface area contributed by atoms with Gasteiger partial charge in [-0.25, -0.2) is 0 Å². The molecule has 17 heavy (non-hydrogen) atoms. The van der Waals surface area contributed by atoms with Gasteiger partial charge in [0.2, 0.25) is 0 Å². The van der Waals surface area contributed by atoms with Crippen LogP contribution in [0.2, 0.25) is 0 Å². The van der Waals surface area contributed by atoms with Crippen LogP contribution in [-0.2, 0) is 19.1 Å². The average Bonchev–Trinajstić information content (AvgIpc) is 2.20. The molecule has 0 aliphatic rings. The van der Waals surface area contributed by atoms with Crippen LogP contribution in [0.5, 0.6) is 0 Å². The lowest BCUT2D eigenvalue weighted by Crippen LogP contribution is -2.24. The second-order valence-corrected chi connectivity index (χ2v) is 5.17. The van der Waals surface area contributed by atoms with Crippen LogP contribution in [0, 0.1) is 5.92 Å². The van der Waals surface area contributed by atoms with Crippen LogP contribution in [0.1, 0.15) is 53.9 Å². The molecular weight excluding hydrogens is 220 g/mol. The number of rotatable bonds is 6. The smallest absolute Gasteiger partial charge is 0.308 e. The van der Waals surface area contributed by atoms with E-state index in [0.717, 1.165) is 6.42 Å². The summed E-state index contributed by atoms with van der Waals surface area (Å²) >= 11 is 0. The minimum Gasteiger partial charge on any atom is -0.465 e. The van der Waals surface area contributed by atoms with E-state index in [2.05, 4.69) is 0 Å². The highest BCUT2D eigenvalue weighted by Crippen LogP contribution is 2.09. The van der Waals surface area contributed by atoms with E-state index < -0.39 is 5.60 Å². The maximum atomic E-state index is 11.3. The van der Waals surface area contributed by atoms with Crippen molar-refractivity contribution in [3.05, 3.63) is 0 Å². The van der Waals surface area contributed by atoms with Crippen molar-refractivity contribution in [1.29, 1.82) is 0 Å². The Morgan fingerprint density at radius 1 is 1.24 bits per heavy atom. The van der Waals surface area contributed by atoms with E-state index in [1.165, 1.54) is 0 Å². The van der Waals surface area contributed by atoms with E-state index in [9.17, 15) is 9.59 Å². The fraction of sp³-hybridized carbons (Fsp3) is 0.846. The zero-order valence-electron chi connectivity index (χ0n) is 11.5. The van der Waals surface area contributed by atoms with Crippen molar-refractivity contribution in [3.8, 4) is 0 Å². The molecule has 100 valence electrons. The van der Waals surface area contributed by atoms with Gasteiger partial charge in [0.05, 0.1) is 12.5 Å². The molecule has 0 saturated heterocycles. The monoisotopic (exact) mass is 244 g/mol. The molecule has 0 rings (SSSR count). The highest BCUT2D eigenvalue weighted by molar-refractivity contribution is 5.72. The summed E-state index contributed by atoms with van der Waals surface area (Å²) in [6, 6.07) is 0. The molecule has 4 nitrogen and oxygen atoms in total. The maximum Gasteiger partial charge on any atom is 0.308 e. The van der Waals surface area contributed by atoms with Crippen molar-refractivity contribution in [3.63, 3.8) is 0 Å². The third kappa shape index (κ3) is 8.72. The van der Waals surface area contributed by atoms with Gasteiger partial charge < -0.3 is 9.47 Å². The first-order valence-electron chi connectivity index (χ1n) is 6.14. The number of ether oxygens (including phenoxy) is 2. The van der Waals surface area contributed by atoms with E-state index in [-0.39, 0.29) is 30.9 Å². The van der Waals surface area contributed by atoms with Crippen molar-refractivity contribution in [1.82, 2.24) is 0 Å². The van der Waals surface area contributed by atoms with E-state index in [1.807, 2.05) is 34.6 Å². The van der Waals surface area contributed by atoms with Gasteiger partial charge in [-0.05, 0) is 33.6 Å². The zero-order valence-corrected chi connectivity index (χ0v) is 11.5. The minimum absolute atomic E-state index is 0.0727. The summed E-state index contributed by atoms with van der Waals surface area (Å²) in [5.74, 6) is -0.523. The fourth-order valence-corrected chi connectivity index (χ4v) is 1.09. The highest BCUT2D eigenvalue weighted by Gasteiger charge is 2.16. The highest BCUT2D eigenvalue weighted by atomic mass is 16.6. The number of esters is 2. The number of carbonyl (C=O) groups excluding carboxylic acids is 2. The first-order valence-corrected chi connectivity index (χ1v) is 6.14. The Bertz CT molecular complexity index is 253.